The Labute approximate surface area is 82.4 Å². The van der Waals surface area contributed by atoms with E-state index in [2.05, 4.69) is 9.97 Å². The van der Waals surface area contributed by atoms with E-state index in [0.29, 0.717) is 6.42 Å². The van der Waals surface area contributed by atoms with E-state index in [1.165, 1.54) is 0 Å². The second-order valence-electron chi connectivity index (χ2n) is 3.21. The number of aromatic amines is 1. The predicted octanol–water partition coefficient (Wildman–Crippen LogP) is 1.69. The smallest absolute Gasteiger partial charge is 0.0993 e. The molecule has 0 saturated heterocycles. The predicted molar refractivity (Wildman–Crippen MR) is 53.7 cm³/mol. The molecule has 1 heterocycles. The molecule has 0 unspecified atom stereocenters. The van der Waals surface area contributed by atoms with Gasteiger partial charge >= 0.3 is 0 Å². The summed E-state index contributed by atoms with van der Waals surface area (Å²) in [6.45, 7) is 0. The van der Waals surface area contributed by atoms with Crippen molar-refractivity contribution in [3.63, 3.8) is 0 Å². The second kappa shape index (κ2) is 4.07. The van der Waals surface area contributed by atoms with E-state index in [1.807, 2.05) is 30.3 Å². The molecule has 0 amide bonds. The number of aliphatic hydroxyl groups is 1. The number of hydrogen-bond donors (Lipinski definition) is 2. The van der Waals surface area contributed by atoms with Gasteiger partial charge in [0.1, 0.15) is 0 Å². The monoisotopic (exact) mass is 188 g/mol. The van der Waals surface area contributed by atoms with Crippen molar-refractivity contribution < 1.29 is 5.11 Å². The van der Waals surface area contributed by atoms with Crippen LogP contribution in [-0.4, -0.2) is 15.1 Å². The van der Waals surface area contributed by atoms with E-state index in [-0.39, 0.29) is 0 Å². The van der Waals surface area contributed by atoms with Gasteiger partial charge in [-0.2, -0.15) is 0 Å². The maximum absolute atomic E-state index is 9.79. The van der Waals surface area contributed by atoms with Crippen LogP contribution >= 0.6 is 0 Å². The zero-order chi connectivity index (χ0) is 9.80. The summed E-state index contributed by atoms with van der Waals surface area (Å²) in [5.74, 6) is 0. The van der Waals surface area contributed by atoms with Crippen molar-refractivity contribution in [2.24, 2.45) is 0 Å². The molecule has 2 N–H and O–H groups in total. The summed E-state index contributed by atoms with van der Waals surface area (Å²) in [7, 11) is 0. The molecule has 0 saturated carbocycles. The number of H-pyrrole nitrogens is 1. The van der Waals surface area contributed by atoms with Crippen molar-refractivity contribution in [1.29, 1.82) is 0 Å². The first-order valence-electron chi connectivity index (χ1n) is 4.56. The van der Waals surface area contributed by atoms with Crippen LogP contribution in [0.5, 0.6) is 0 Å². The van der Waals surface area contributed by atoms with Gasteiger partial charge in [-0.15, -0.1) is 0 Å². The normalized spacial score (nSPS) is 12.6. The summed E-state index contributed by atoms with van der Waals surface area (Å²) in [6, 6.07) is 9.90. The molecule has 0 spiro atoms. The van der Waals surface area contributed by atoms with Crippen LogP contribution in [0.2, 0.25) is 0 Å². The number of nitrogens with zero attached hydrogens (tertiary/aromatic N) is 1. The van der Waals surface area contributed by atoms with Crippen LogP contribution in [0.1, 0.15) is 17.4 Å². The molecule has 1 aromatic carbocycles. The molecule has 14 heavy (non-hydrogen) atoms. The molecule has 0 fully saturated rings. The largest absolute Gasteiger partial charge is 0.386 e. The molecule has 3 heteroatoms. The molecule has 2 aromatic rings. The van der Waals surface area contributed by atoms with Crippen LogP contribution in [-0.2, 0) is 6.42 Å². The highest BCUT2D eigenvalue weighted by atomic mass is 16.3. The number of hydrogen-bond acceptors (Lipinski definition) is 2. The molecule has 0 radical (unpaired) electrons. The summed E-state index contributed by atoms with van der Waals surface area (Å²) in [5.41, 5.74) is 1.88. The van der Waals surface area contributed by atoms with Crippen molar-refractivity contribution >= 4 is 0 Å². The average Bonchev–Trinajstić information content (AvgIpc) is 2.72. The first-order valence-corrected chi connectivity index (χ1v) is 4.56. The topological polar surface area (TPSA) is 48.9 Å². The Morgan fingerprint density at radius 2 is 2.07 bits per heavy atom. The summed E-state index contributed by atoms with van der Waals surface area (Å²) in [5, 5.41) is 9.79. The summed E-state index contributed by atoms with van der Waals surface area (Å²) in [4.78, 5) is 6.77. The second-order valence-corrected chi connectivity index (χ2v) is 3.21. The lowest BCUT2D eigenvalue weighted by molar-refractivity contribution is 0.174. The molecule has 1 aromatic heterocycles. The molecule has 3 nitrogen and oxygen atoms in total. The lowest BCUT2D eigenvalue weighted by Crippen LogP contribution is -2.01. The fourth-order valence-electron chi connectivity index (χ4n) is 1.40. The number of aromatic nitrogens is 2. The fraction of sp³-hybridized carbons (Fsp3) is 0.182. The molecule has 2 rings (SSSR count). The SMILES string of the molecule is O[C@@H](Cc1ccccc1)c1cnc[nH]1. The molecule has 1 atom stereocenters. The minimum atomic E-state index is -0.500. The van der Waals surface area contributed by atoms with E-state index in [4.69, 9.17) is 0 Å². The molecular weight excluding hydrogens is 176 g/mol. The van der Waals surface area contributed by atoms with Gasteiger partial charge in [-0.3, -0.25) is 0 Å². The van der Waals surface area contributed by atoms with Crippen LogP contribution in [0, 0.1) is 0 Å². The van der Waals surface area contributed by atoms with Gasteiger partial charge in [0.15, 0.2) is 0 Å². The maximum atomic E-state index is 9.79. The third kappa shape index (κ3) is 2.00. The van der Waals surface area contributed by atoms with Gasteiger partial charge in [0.2, 0.25) is 0 Å². The minimum Gasteiger partial charge on any atom is -0.386 e. The summed E-state index contributed by atoms with van der Waals surface area (Å²) >= 11 is 0. The van der Waals surface area contributed by atoms with Gasteiger partial charge in [-0.05, 0) is 5.56 Å². The van der Waals surface area contributed by atoms with Crippen molar-refractivity contribution in [1.82, 2.24) is 9.97 Å². The Balaban J connectivity index is 2.06. The summed E-state index contributed by atoms with van der Waals surface area (Å²) in [6.07, 6.45) is 3.33. The van der Waals surface area contributed by atoms with Crippen molar-refractivity contribution in [2.45, 2.75) is 12.5 Å². The van der Waals surface area contributed by atoms with Gasteiger partial charge < -0.3 is 10.1 Å². The Morgan fingerprint density at radius 1 is 1.29 bits per heavy atom. The van der Waals surface area contributed by atoms with E-state index < -0.39 is 6.10 Å². The third-order valence-electron chi connectivity index (χ3n) is 2.15. The molecule has 0 bridgehead atoms. The lowest BCUT2D eigenvalue weighted by Gasteiger charge is -2.07. The Hall–Kier alpha value is -1.61. The highest BCUT2D eigenvalue weighted by Crippen LogP contribution is 2.14. The summed E-state index contributed by atoms with van der Waals surface area (Å²) < 4.78 is 0. The van der Waals surface area contributed by atoms with Crippen molar-refractivity contribution in [3.05, 3.63) is 54.1 Å². The van der Waals surface area contributed by atoms with E-state index >= 15 is 0 Å². The Bertz CT molecular complexity index is 369. The van der Waals surface area contributed by atoms with Gasteiger partial charge in [0.05, 0.1) is 24.3 Å². The van der Waals surface area contributed by atoms with Crippen LogP contribution in [0.4, 0.5) is 0 Å². The number of imidazole rings is 1. The third-order valence-corrected chi connectivity index (χ3v) is 2.15. The quantitative estimate of drug-likeness (QED) is 0.770. The zero-order valence-electron chi connectivity index (χ0n) is 7.72. The number of nitrogens with one attached hydrogen (secondary N) is 1. The van der Waals surface area contributed by atoms with Gasteiger partial charge in [-0.25, -0.2) is 4.98 Å². The molecular formula is C11H12N2O. The van der Waals surface area contributed by atoms with E-state index in [1.54, 1.807) is 12.5 Å². The van der Waals surface area contributed by atoms with Gasteiger partial charge in [0.25, 0.3) is 0 Å². The molecule has 0 aliphatic heterocycles. The minimum absolute atomic E-state index is 0.500. The van der Waals surface area contributed by atoms with Crippen molar-refractivity contribution in [3.8, 4) is 0 Å². The van der Waals surface area contributed by atoms with Crippen LogP contribution in [0.15, 0.2) is 42.9 Å². The lowest BCUT2D eigenvalue weighted by atomic mass is 10.1. The first-order chi connectivity index (χ1) is 6.86. The number of aliphatic hydroxyl groups excluding tert-OH is 1. The van der Waals surface area contributed by atoms with Gasteiger partial charge in [0, 0.05) is 6.42 Å². The fourth-order valence-corrected chi connectivity index (χ4v) is 1.40. The van der Waals surface area contributed by atoms with Crippen molar-refractivity contribution in [2.75, 3.05) is 0 Å². The standard InChI is InChI=1S/C11H12N2O/c14-11(10-7-12-8-13-10)6-9-4-2-1-3-5-9/h1-5,7-8,11,14H,6H2,(H,12,13)/t11-/m0/s1. The highest BCUT2D eigenvalue weighted by Gasteiger charge is 2.08. The van der Waals surface area contributed by atoms with Crippen LogP contribution in [0.3, 0.4) is 0 Å². The molecule has 72 valence electrons. The van der Waals surface area contributed by atoms with E-state index in [9.17, 15) is 5.11 Å². The van der Waals surface area contributed by atoms with Crippen LogP contribution in [0.25, 0.3) is 0 Å². The maximum Gasteiger partial charge on any atom is 0.0993 e. The zero-order valence-corrected chi connectivity index (χ0v) is 7.72. The van der Waals surface area contributed by atoms with Crippen LogP contribution < -0.4 is 0 Å². The number of benzene rings is 1. The average molecular weight is 188 g/mol. The molecule has 0 aliphatic carbocycles. The Morgan fingerprint density at radius 3 is 2.71 bits per heavy atom. The first kappa shape index (κ1) is 8.97. The highest BCUT2D eigenvalue weighted by molar-refractivity contribution is 5.17. The molecule has 0 aliphatic rings. The Kier molecular flexibility index (Phi) is 2.60. The number of rotatable bonds is 3. The van der Waals surface area contributed by atoms with E-state index in [0.717, 1.165) is 11.3 Å². The van der Waals surface area contributed by atoms with Gasteiger partial charge in [-0.1, -0.05) is 30.3 Å².